The fraction of sp³-hybridized carbons (Fsp3) is 0.545. The number of nitrogen functional groups attached to an aromatic ring is 2. The lowest BCUT2D eigenvalue weighted by Gasteiger charge is -2.30. The van der Waals surface area contributed by atoms with Crippen molar-refractivity contribution in [3.05, 3.63) is 33.4 Å². The van der Waals surface area contributed by atoms with E-state index in [9.17, 15) is 19.8 Å². The van der Waals surface area contributed by atoms with Crippen molar-refractivity contribution in [1.29, 1.82) is 0 Å². The molecule has 2 unspecified atom stereocenters. The van der Waals surface area contributed by atoms with Crippen LogP contribution in [0, 0.1) is 0 Å². The van der Waals surface area contributed by atoms with Gasteiger partial charge in [-0.1, -0.05) is 0 Å². The Bertz CT molecular complexity index is 1790. The van der Waals surface area contributed by atoms with E-state index in [1.165, 1.54) is 35.1 Å². The molecule has 3 fully saturated rings. The normalized spacial score (nSPS) is 37.1. The quantitative estimate of drug-likeness (QED) is 0.0978. The van der Waals surface area contributed by atoms with Gasteiger partial charge in [0.25, 0.3) is 11.1 Å². The van der Waals surface area contributed by atoms with Crippen LogP contribution in [0.5, 0.6) is 0 Å². The van der Waals surface area contributed by atoms with Crippen molar-refractivity contribution < 1.29 is 37.8 Å². The highest BCUT2D eigenvalue weighted by molar-refractivity contribution is 7.89. The molecule has 3 aliphatic rings. The first-order chi connectivity index (χ1) is 21.7. The molecule has 8 N–H and O–H groups in total. The minimum atomic E-state index is -3.24. The van der Waals surface area contributed by atoms with Gasteiger partial charge in [-0.3, -0.25) is 28.7 Å². The molecule has 0 saturated carbocycles. The molecule has 4 aromatic rings. The molecule has 240 valence electrons. The summed E-state index contributed by atoms with van der Waals surface area (Å²) in [6, 6.07) is 0. The maximum atomic E-state index is 12.3. The minimum Gasteiger partial charge on any atom is -0.385 e. The zero-order valence-corrected chi connectivity index (χ0v) is 26.0. The van der Waals surface area contributed by atoms with Crippen molar-refractivity contribution in [2.45, 2.75) is 49.1 Å². The van der Waals surface area contributed by atoms with Crippen molar-refractivity contribution in [2.24, 2.45) is 0 Å². The smallest absolute Gasteiger partial charge is 0.385 e. The second-order valence-corrected chi connectivity index (χ2v) is 15.8. The average Bonchev–Trinajstić information content (AvgIpc) is 3.72. The predicted molar refractivity (Wildman–Crippen MR) is 164 cm³/mol. The van der Waals surface area contributed by atoms with Gasteiger partial charge in [-0.25, -0.2) is 28.1 Å². The molecule has 4 aromatic heterocycles. The van der Waals surface area contributed by atoms with Crippen LogP contribution in [0.25, 0.3) is 22.3 Å². The molecule has 7 heterocycles. The molecule has 7 rings (SSSR count). The third kappa shape index (κ3) is 5.51. The van der Waals surface area contributed by atoms with Gasteiger partial charge in [-0.05, 0) is 0 Å². The SMILES string of the molecule is [B][P+]1(C)OC[C@H]2O[C@@H](n3cnc4c(=O)[nH]c(N)nc43)[C@H](O)[C@@H]2O[P+]([B])(C)OC[C@@H]2O[C@H](n3cnc4c(=O)[nH]c(N)nc43)[C@@H](O)[C@H]2O1. The van der Waals surface area contributed by atoms with Crippen molar-refractivity contribution in [1.82, 2.24) is 39.0 Å². The number of fused-ring (bicyclic) bond motifs is 4. The molecule has 0 spiro atoms. The Kier molecular flexibility index (Phi) is 7.75. The van der Waals surface area contributed by atoms with E-state index in [-0.39, 0.29) is 47.4 Å². The molecule has 10 atom stereocenters. The summed E-state index contributed by atoms with van der Waals surface area (Å²) in [5.41, 5.74) is 10.5. The van der Waals surface area contributed by atoms with Crippen LogP contribution in [0.1, 0.15) is 12.5 Å². The number of rotatable bonds is 2. The highest BCUT2D eigenvalue weighted by atomic mass is 31.2. The summed E-state index contributed by atoms with van der Waals surface area (Å²) < 4.78 is 39.4. The Morgan fingerprint density at radius 3 is 1.59 bits per heavy atom. The summed E-state index contributed by atoms with van der Waals surface area (Å²) in [5.74, 6) is -0.306. The van der Waals surface area contributed by atoms with Gasteiger partial charge in [0.1, 0.15) is 37.6 Å². The average molecular weight is 676 g/mol. The lowest BCUT2D eigenvalue weighted by molar-refractivity contribution is -0.0544. The van der Waals surface area contributed by atoms with E-state index in [0.29, 0.717) is 0 Å². The largest absolute Gasteiger partial charge is 0.443 e. The van der Waals surface area contributed by atoms with Crippen molar-refractivity contribution in [2.75, 3.05) is 38.0 Å². The fourth-order valence-electron chi connectivity index (χ4n) is 5.67. The van der Waals surface area contributed by atoms with Crippen LogP contribution in [0.3, 0.4) is 0 Å². The van der Waals surface area contributed by atoms with E-state index in [1.807, 2.05) is 0 Å². The molecule has 0 amide bonds. The van der Waals surface area contributed by atoms with Gasteiger partial charge in [0.15, 0.2) is 47.0 Å². The van der Waals surface area contributed by atoms with Crippen LogP contribution >= 0.6 is 15.2 Å². The maximum Gasteiger partial charge on any atom is 0.443 e. The number of H-pyrrole nitrogens is 2. The number of hydrogen-bond acceptors (Lipinski definition) is 16. The summed E-state index contributed by atoms with van der Waals surface area (Å²) >= 11 is 0. The molecule has 0 bridgehead atoms. The molecule has 3 saturated heterocycles. The number of anilines is 2. The summed E-state index contributed by atoms with van der Waals surface area (Å²) in [6.45, 7) is 2.56. The van der Waals surface area contributed by atoms with Gasteiger partial charge in [-0.15, -0.1) is 0 Å². The second-order valence-electron chi connectivity index (χ2n) is 11.2. The number of aliphatic hydroxyl groups excluding tert-OH is 2. The third-order valence-electron chi connectivity index (χ3n) is 7.72. The lowest BCUT2D eigenvalue weighted by Crippen LogP contribution is -2.40. The molecule has 4 radical (unpaired) electrons. The summed E-state index contributed by atoms with van der Waals surface area (Å²) in [4.78, 5) is 45.8. The van der Waals surface area contributed by atoms with Crippen LogP contribution in [0.4, 0.5) is 11.9 Å². The minimum absolute atomic E-state index is 0.0143. The predicted octanol–water partition coefficient (Wildman–Crippen LogP) is -2.13. The number of aliphatic hydroxyl groups is 2. The van der Waals surface area contributed by atoms with Crippen LogP contribution in [0.15, 0.2) is 22.2 Å². The van der Waals surface area contributed by atoms with Gasteiger partial charge in [0, 0.05) is 0 Å². The molecule has 20 nitrogen and oxygen atoms in total. The Labute approximate surface area is 261 Å². The van der Waals surface area contributed by atoms with E-state index < -0.39 is 75.4 Å². The molecule has 0 aliphatic carbocycles. The van der Waals surface area contributed by atoms with E-state index in [4.69, 9.17) is 54.2 Å². The Morgan fingerprint density at radius 2 is 1.20 bits per heavy atom. The van der Waals surface area contributed by atoms with Crippen LogP contribution in [-0.4, -0.2) is 128 Å². The Hall–Kier alpha value is -3.03. The molecule has 0 aromatic carbocycles. The van der Waals surface area contributed by atoms with Gasteiger partial charge >= 0.3 is 15.1 Å². The summed E-state index contributed by atoms with van der Waals surface area (Å²) in [7, 11) is 6.50. The van der Waals surface area contributed by atoms with Gasteiger partial charge < -0.3 is 31.2 Å². The Balaban J connectivity index is 1.17. The molecular weight excluding hydrogens is 648 g/mol. The number of nitrogens with two attached hydrogens (primary N) is 2. The van der Waals surface area contributed by atoms with Crippen molar-refractivity contribution in [3.8, 4) is 0 Å². The molecule has 3 aliphatic heterocycles. The van der Waals surface area contributed by atoms with E-state index in [1.54, 1.807) is 0 Å². The first-order valence-corrected chi connectivity index (χ1v) is 18.1. The molecular formula is C22H28B2N10O10P2+2. The highest BCUT2D eigenvalue weighted by Crippen LogP contribution is 2.60. The number of ether oxygens (including phenoxy) is 2. The maximum absolute atomic E-state index is 12.3. The first-order valence-electron chi connectivity index (χ1n) is 13.8. The topological polar surface area (TPSA) is 275 Å². The van der Waals surface area contributed by atoms with Gasteiger partial charge in [-0.2, -0.15) is 9.97 Å². The first kappa shape index (κ1) is 31.6. The molecule has 24 heteroatoms. The number of aromatic amines is 2. The zero-order valence-electron chi connectivity index (χ0n) is 24.2. The van der Waals surface area contributed by atoms with Crippen molar-refractivity contribution >= 4 is 64.5 Å². The highest BCUT2D eigenvalue weighted by Gasteiger charge is 2.56. The van der Waals surface area contributed by atoms with Crippen LogP contribution in [-0.2, 0) is 27.6 Å². The van der Waals surface area contributed by atoms with Crippen LogP contribution < -0.4 is 22.6 Å². The monoisotopic (exact) mass is 676 g/mol. The van der Waals surface area contributed by atoms with E-state index in [0.717, 1.165) is 0 Å². The lowest BCUT2D eigenvalue weighted by atomic mass is 10.1. The van der Waals surface area contributed by atoms with Crippen molar-refractivity contribution in [3.63, 3.8) is 0 Å². The van der Waals surface area contributed by atoms with Gasteiger partial charge in [0.2, 0.25) is 27.1 Å². The number of imidazole rings is 2. The number of nitrogens with one attached hydrogen (secondary N) is 2. The van der Waals surface area contributed by atoms with E-state index >= 15 is 0 Å². The number of hydrogen-bond donors (Lipinski definition) is 6. The fourth-order valence-corrected chi connectivity index (χ4v) is 8.17. The number of nitrogens with zero attached hydrogens (tertiary/aromatic N) is 6. The van der Waals surface area contributed by atoms with E-state index in [2.05, 4.69) is 29.9 Å². The zero-order chi connectivity index (χ0) is 32.7. The molecule has 46 heavy (non-hydrogen) atoms. The Morgan fingerprint density at radius 1 is 0.804 bits per heavy atom. The third-order valence-corrected chi connectivity index (χ3v) is 10.4. The van der Waals surface area contributed by atoms with Crippen LogP contribution in [0.2, 0.25) is 0 Å². The second kappa shape index (κ2) is 11.3. The number of aromatic nitrogens is 8. The van der Waals surface area contributed by atoms with Gasteiger partial charge in [0.05, 0.1) is 26.0 Å². The summed E-state index contributed by atoms with van der Waals surface area (Å²) in [5, 5.41) is 22.8. The summed E-state index contributed by atoms with van der Waals surface area (Å²) in [6.07, 6.45) is -6.59. The standard InChI is InChI=1S/C22H28B2N10O10P2/c1-45(23)39-3-7-14(12(36)20(41-7)34-6-28-10-16(34)30-22(26)32-18(10)38)44-46(2,24)40-4-8-13(43-45)11(35)19(42-8)33-5-27-9-15(33)29-21(25)31-17(9)37/h5-8,11-14,19-20,35-36H,3-4H2,1-2H3,(H3,25,29,31,37)(H3,26,30,32,38)/q+2/t7-,8+,11+,12-,13+,14-,19+,20-,45?,46?.